The molecule has 0 aliphatic carbocycles. The first-order chi connectivity index (χ1) is 10.7. The van der Waals surface area contributed by atoms with Gasteiger partial charge in [0.2, 0.25) is 5.91 Å². The Kier molecular flexibility index (Phi) is 5.59. The Morgan fingerprint density at radius 2 is 2.14 bits per heavy atom. The first kappa shape index (κ1) is 16.1. The Bertz CT molecular complexity index is 676. The first-order valence-corrected chi connectivity index (χ1v) is 7.60. The number of hydrogen-bond donors (Lipinski definition) is 1. The number of nitrogens with one attached hydrogen (secondary N) is 1. The summed E-state index contributed by atoms with van der Waals surface area (Å²) >= 11 is 0. The highest BCUT2D eigenvalue weighted by atomic mass is 16.5. The number of methoxy groups -OCH3 is 1. The molecule has 0 saturated heterocycles. The molecule has 0 spiro atoms. The predicted molar refractivity (Wildman–Crippen MR) is 91.4 cm³/mol. The maximum atomic E-state index is 11.4. The second-order valence-electron chi connectivity index (χ2n) is 5.28. The highest BCUT2D eigenvalue weighted by molar-refractivity contribution is 5.91. The molecule has 2 aromatic carbocycles. The van der Waals surface area contributed by atoms with Gasteiger partial charge >= 0.3 is 0 Å². The van der Waals surface area contributed by atoms with Crippen LogP contribution in [-0.4, -0.2) is 20.1 Å². The van der Waals surface area contributed by atoms with Gasteiger partial charge in [-0.05, 0) is 41.7 Å². The summed E-state index contributed by atoms with van der Waals surface area (Å²) in [6.45, 7) is 3.86. The lowest BCUT2D eigenvalue weighted by atomic mass is 9.94. The van der Waals surface area contributed by atoms with Gasteiger partial charge in [-0.1, -0.05) is 30.3 Å². The Labute approximate surface area is 132 Å². The molecule has 1 amide bonds. The summed E-state index contributed by atoms with van der Waals surface area (Å²) in [7, 11) is 3.37. The summed E-state index contributed by atoms with van der Waals surface area (Å²) in [5.41, 5.74) is 2.43. The van der Waals surface area contributed by atoms with Crippen LogP contribution in [0, 0.1) is 0 Å². The zero-order valence-electron chi connectivity index (χ0n) is 13.3. The van der Waals surface area contributed by atoms with Crippen LogP contribution in [0.1, 0.15) is 24.0 Å². The third-order valence-electron chi connectivity index (χ3n) is 3.89. The van der Waals surface area contributed by atoms with Gasteiger partial charge in [-0.25, -0.2) is 0 Å². The van der Waals surface area contributed by atoms with Crippen LogP contribution in [0.4, 0.5) is 0 Å². The average Bonchev–Trinajstić information content (AvgIpc) is 2.55. The minimum Gasteiger partial charge on any atom is -0.496 e. The Morgan fingerprint density at radius 3 is 2.82 bits per heavy atom. The molecule has 0 radical (unpaired) electrons. The van der Waals surface area contributed by atoms with Gasteiger partial charge < -0.3 is 10.1 Å². The molecule has 0 saturated carbocycles. The molecule has 0 atom stereocenters. The Hall–Kier alpha value is -2.29. The molecular weight excluding hydrogens is 274 g/mol. The monoisotopic (exact) mass is 297 g/mol. The van der Waals surface area contributed by atoms with E-state index in [0.29, 0.717) is 6.42 Å². The maximum Gasteiger partial charge on any atom is 0.219 e. The highest BCUT2D eigenvalue weighted by Crippen LogP contribution is 2.32. The molecule has 0 heterocycles. The summed E-state index contributed by atoms with van der Waals surface area (Å²) in [5.74, 6) is 0.982. The second-order valence-corrected chi connectivity index (χ2v) is 5.28. The maximum absolute atomic E-state index is 11.4. The van der Waals surface area contributed by atoms with Crippen molar-refractivity contribution in [2.24, 2.45) is 0 Å². The van der Waals surface area contributed by atoms with Gasteiger partial charge in [0.15, 0.2) is 0 Å². The van der Waals surface area contributed by atoms with Gasteiger partial charge in [0.1, 0.15) is 5.75 Å². The SMILES string of the molecule is C=CCc1c(OC)ccc2cccc(CCCC(=O)NC)c12. The normalized spacial score (nSPS) is 10.5. The molecule has 3 heteroatoms. The van der Waals surface area contributed by atoms with E-state index >= 15 is 0 Å². The largest absolute Gasteiger partial charge is 0.496 e. The number of benzene rings is 2. The third kappa shape index (κ3) is 3.48. The molecule has 0 aliphatic heterocycles. The minimum absolute atomic E-state index is 0.0872. The van der Waals surface area contributed by atoms with Crippen LogP contribution in [-0.2, 0) is 17.6 Å². The number of rotatable bonds is 7. The molecule has 3 nitrogen and oxygen atoms in total. The lowest BCUT2D eigenvalue weighted by Gasteiger charge is -2.14. The fourth-order valence-electron chi connectivity index (χ4n) is 2.83. The molecule has 116 valence electrons. The highest BCUT2D eigenvalue weighted by Gasteiger charge is 2.11. The van der Waals surface area contributed by atoms with E-state index in [2.05, 4.69) is 36.2 Å². The molecule has 0 unspecified atom stereocenters. The predicted octanol–water partition coefficient (Wildman–Crippen LogP) is 3.65. The van der Waals surface area contributed by atoms with E-state index in [1.54, 1.807) is 14.2 Å². The van der Waals surface area contributed by atoms with Crippen molar-refractivity contribution in [2.75, 3.05) is 14.2 Å². The van der Waals surface area contributed by atoms with Crippen molar-refractivity contribution >= 4 is 16.7 Å². The van der Waals surface area contributed by atoms with Crippen LogP contribution in [0.25, 0.3) is 10.8 Å². The fourth-order valence-corrected chi connectivity index (χ4v) is 2.83. The number of hydrogen-bond acceptors (Lipinski definition) is 2. The summed E-state index contributed by atoms with van der Waals surface area (Å²) in [4.78, 5) is 11.4. The van der Waals surface area contributed by atoms with Gasteiger partial charge in [-0.15, -0.1) is 6.58 Å². The van der Waals surface area contributed by atoms with Crippen LogP contribution in [0.3, 0.4) is 0 Å². The van der Waals surface area contributed by atoms with Gasteiger partial charge in [0.05, 0.1) is 7.11 Å². The van der Waals surface area contributed by atoms with Crippen molar-refractivity contribution in [3.05, 3.63) is 54.1 Å². The molecule has 22 heavy (non-hydrogen) atoms. The van der Waals surface area contributed by atoms with E-state index in [4.69, 9.17) is 4.74 Å². The number of fused-ring (bicyclic) bond motifs is 1. The van der Waals surface area contributed by atoms with E-state index < -0.39 is 0 Å². The smallest absolute Gasteiger partial charge is 0.219 e. The standard InChI is InChI=1S/C19H23NO2/c1-4-7-16-17(22-3)13-12-15-9-5-8-14(19(15)16)10-6-11-18(21)20-2/h4-5,8-9,12-13H,1,6-7,10-11H2,2-3H3,(H,20,21). The average molecular weight is 297 g/mol. The van der Waals surface area contributed by atoms with E-state index in [9.17, 15) is 4.79 Å². The lowest BCUT2D eigenvalue weighted by Crippen LogP contribution is -2.17. The van der Waals surface area contributed by atoms with Crippen LogP contribution in [0.15, 0.2) is 43.0 Å². The lowest BCUT2D eigenvalue weighted by molar-refractivity contribution is -0.120. The van der Waals surface area contributed by atoms with Crippen molar-refractivity contribution in [3.63, 3.8) is 0 Å². The number of allylic oxidation sites excluding steroid dienone is 1. The first-order valence-electron chi connectivity index (χ1n) is 7.60. The summed E-state index contributed by atoms with van der Waals surface area (Å²) < 4.78 is 5.51. The zero-order chi connectivity index (χ0) is 15.9. The van der Waals surface area contributed by atoms with Crippen LogP contribution < -0.4 is 10.1 Å². The van der Waals surface area contributed by atoms with Crippen LogP contribution in [0.5, 0.6) is 5.75 Å². The third-order valence-corrected chi connectivity index (χ3v) is 3.89. The van der Waals surface area contributed by atoms with Crippen LogP contribution >= 0.6 is 0 Å². The summed E-state index contributed by atoms with van der Waals surface area (Å²) in [6.07, 6.45) is 4.94. The number of amides is 1. The van der Waals surface area contributed by atoms with E-state index in [-0.39, 0.29) is 5.91 Å². The van der Waals surface area contributed by atoms with Crippen molar-refractivity contribution < 1.29 is 9.53 Å². The topological polar surface area (TPSA) is 38.3 Å². The van der Waals surface area contributed by atoms with Crippen molar-refractivity contribution in [3.8, 4) is 5.75 Å². The molecule has 1 N–H and O–H groups in total. The summed E-state index contributed by atoms with van der Waals surface area (Å²) in [5, 5.41) is 5.10. The summed E-state index contributed by atoms with van der Waals surface area (Å²) in [6, 6.07) is 10.4. The molecule has 0 fully saturated rings. The van der Waals surface area contributed by atoms with Gasteiger partial charge in [0.25, 0.3) is 0 Å². The molecule has 0 aliphatic rings. The number of carbonyl (C=O) groups excluding carboxylic acids is 1. The number of aryl methyl sites for hydroxylation is 1. The quantitative estimate of drug-likeness (QED) is 0.792. The number of carbonyl (C=O) groups is 1. The fraction of sp³-hybridized carbons (Fsp3) is 0.316. The van der Waals surface area contributed by atoms with E-state index in [1.165, 1.54) is 21.9 Å². The van der Waals surface area contributed by atoms with Gasteiger partial charge in [-0.3, -0.25) is 4.79 Å². The van der Waals surface area contributed by atoms with E-state index in [0.717, 1.165) is 25.0 Å². The molecule has 2 rings (SSSR count). The Balaban J connectivity index is 2.40. The van der Waals surface area contributed by atoms with Crippen molar-refractivity contribution in [1.82, 2.24) is 5.32 Å². The molecule has 2 aromatic rings. The van der Waals surface area contributed by atoms with Crippen molar-refractivity contribution in [2.45, 2.75) is 25.7 Å². The molecule has 0 bridgehead atoms. The van der Waals surface area contributed by atoms with Gasteiger partial charge in [0, 0.05) is 19.0 Å². The minimum atomic E-state index is 0.0872. The van der Waals surface area contributed by atoms with Gasteiger partial charge in [-0.2, -0.15) is 0 Å². The van der Waals surface area contributed by atoms with E-state index in [1.807, 2.05) is 12.1 Å². The Morgan fingerprint density at radius 1 is 1.32 bits per heavy atom. The number of ether oxygens (including phenoxy) is 1. The van der Waals surface area contributed by atoms with Crippen molar-refractivity contribution in [1.29, 1.82) is 0 Å². The zero-order valence-corrected chi connectivity index (χ0v) is 13.3. The second kappa shape index (κ2) is 7.64. The van der Waals surface area contributed by atoms with Crippen LogP contribution in [0.2, 0.25) is 0 Å². The molecule has 0 aromatic heterocycles. The molecular formula is C19H23NO2.